The third-order valence-corrected chi connectivity index (χ3v) is 3.92. The smallest absolute Gasteiger partial charge is 0.264 e. The molecule has 0 saturated heterocycles. The summed E-state index contributed by atoms with van der Waals surface area (Å²) in [6.07, 6.45) is -0.661. The normalized spacial score (nSPS) is 17.6. The predicted octanol–water partition coefficient (Wildman–Crippen LogP) is 3.47. The number of halogens is 3. The van der Waals surface area contributed by atoms with Crippen molar-refractivity contribution in [2.75, 3.05) is 0 Å². The number of nitrogens with one attached hydrogen (secondary N) is 1. The fourth-order valence-corrected chi connectivity index (χ4v) is 2.53. The summed E-state index contributed by atoms with van der Waals surface area (Å²) in [5.41, 5.74) is 1.45. The van der Waals surface area contributed by atoms with Crippen LogP contribution in [0, 0.1) is 17.5 Å². The monoisotopic (exact) mass is 348 g/mol. The van der Waals surface area contributed by atoms with Crippen molar-refractivity contribution in [1.29, 1.82) is 0 Å². The molecule has 1 aliphatic heterocycles. The molecule has 130 valence electrons. The van der Waals surface area contributed by atoms with E-state index in [1.807, 2.05) is 0 Å². The molecule has 1 heterocycles. The summed E-state index contributed by atoms with van der Waals surface area (Å²) in [6, 6.07) is 8.74. The van der Waals surface area contributed by atoms with Crippen LogP contribution >= 0.6 is 0 Å². The highest BCUT2D eigenvalue weighted by atomic mass is 19.2. The Morgan fingerprint density at radius 1 is 1.20 bits per heavy atom. The second kappa shape index (κ2) is 6.96. The van der Waals surface area contributed by atoms with Gasteiger partial charge in [0.15, 0.2) is 11.6 Å². The van der Waals surface area contributed by atoms with Crippen LogP contribution in [0.2, 0.25) is 0 Å². The number of carbonyl (C=O) groups is 1. The Hall–Kier alpha value is -2.83. The van der Waals surface area contributed by atoms with Crippen LogP contribution in [0.15, 0.2) is 47.6 Å². The molecule has 0 fully saturated rings. The number of hydrogen-bond donors (Lipinski definition) is 1. The van der Waals surface area contributed by atoms with Gasteiger partial charge in [0.25, 0.3) is 5.91 Å². The van der Waals surface area contributed by atoms with Crippen molar-refractivity contribution in [3.8, 4) is 0 Å². The number of carbonyl (C=O) groups excluding carboxylic acids is 1. The van der Waals surface area contributed by atoms with Gasteiger partial charge in [-0.3, -0.25) is 4.79 Å². The topological polar surface area (TPSA) is 50.7 Å². The molecule has 0 bridgehead atoms. The molecule has 2 atom stereocenters. The number of oxime groups is 1. The van der Waals surface area contributed by atoms with E-state index in [1.165, 1.54) is 18.2 Å². The Morgan fingerprint density at radius 3 is 2.72 bits per heavy atom. The summed E-state index contributed by atoms with van der Waals surface area (Å²) in [5.74, 6) is -2.77. The number of rotatable bonds is 4. The minimum absolute atomic E-state index is 0.194. The summed E-state index contributed by atoms with van der Waals surface area (Å²) in [5, 5.41) is 6.50. The van der Waals surface area contributed by atoms with Crippen LogP contribution < -0.4 is 5.32 Å². The quantitative estimate of drug-likeness (QED) is 0.920. The Labute approximate surface area is 142 Å². The summed E-state index contributed by atoms with van der Waals surface area (Å²) >= 11 is 0. The summed E-state index contributed by atoms with van der Waals surface area (Å²) in [6.45, 7) is 1.65. The fourth-order valence-electron chi connectivity index (χ4n) is 2.53. The molecule has 1 aliphatic rings. The lowest BCUT2D eigenvalue weighted by molar-refractivity contribution is -0.131. The fraction of sp³-hybridized carbons (Fsp3) is 0.222. The van der Waals surface area contributed by atoms with Crippen LogP contribution in [-0.4, -0.2) is 17.7 Å². The minimum Gasteiger partial charge on any atom is -0.382 e. The molecule has 4 nitrogen and oxygen atoms in total. The number of benzene rings is 2. The second-order valence-electron chi connectivity index (χ2n) is 5.75. The van der Waals surface area contributed by atoms with Crippen molar-refractivity contribution >= 4 is 11.6 Å². The van der Waals surface area contributed by atoms with E-state index in [4.69, 9.17) is 4.84 Å². The minimum atomic E-state index is -0.979. The lowest BCUT2D eigenvalue weighted by Crippen LogP contribution is -2.36. The van der Waals surface area contributed by atoms with Crippen molar-refractivity contribution < 1.29 is 22.8 Å². The highest BCUT2D eigenvalue weighted by Crippen LogP contribution is 2.20. The summed E-state index contributed by atoms with van der Waals surface area (Å²) in [7, 11) is 0. The third kappa shape index (κ3) is 3.81. The van der Waals surface area contributed by atoms with E-state index in [1.54, 1.807) is 19.1 Å². The molecule has 0 aromatic heterocycles. The maximum Gasteiger partial charge on any atom is 0.264 e. The number of amides is 1. The van der Waals surface area contributed by atoms with Crippen LogP contribution in [0.25, 0.3) is 0 Å². The van der Waals surface area contributed by atoms with Crippen molar-refractivity contribution in [3.05, 3.63) is 71.0 Å². The van der Waals surface area contributed by atoms with E-state index in [9.17, 15) is 18.0 Å². The lowest BCUT2D eigenvalue weighted by atomic mass is 10.0. The Morgan fingerprint density at radius 2 is 2.00 bits per heavy atom. The van der Waals surface area contributed by atoms with Gasteiger partial charge in [0.05, 0.1) is 11.8 Å². The molecule has 0 saturated carbocycles. The van der Waals surface area contributed by atoms with Crippen molar-refractivity contribution in [1.82, 2.24) is 5.32 Å². The first-order valence-corrected chi connectivity index (χ1v) is 7.68. The SMILES string of the molecule is CC(NC(=O)C1CC(c2cccc(F)c2)=NO1)c1ccc(F)c(F)c1. The van der Waals surface area contributed by atoms with E-state index in [0.29, 0.717) is 16.8 Å². The largest absolute Gasteiger partial charge is 0.382 e. The third-order valence-electron chi connectivity index (χ3n) is 3.92. The maximum absolute atomic E-state index is 13.3. The highest BCUT2D eigenvalue weighted by molar-refractivity contribution is 6.04. The predicted molar refractivity (Wildman–Crippen MR) is 85.3 cm³/mol. The van der Waals surface area contributed by atoms with Crippen molar-refractivity contribution in [2.24, 2.45) is 5.16 Å². The molecule has 1 N–H and O–H groups in total. The maximum atomic E-state index is 13.3. The van der Waals surface area contributed by atoms with E-state index >= 15 is 0 Å². The summed E-state index contributed by atoms with van der Waals surface area (Å²) < 4.78 is 39.5. The molecule has 2 unspecified atom stereocenters. The zero-order valence-corrected chi connectivity index (χ0v) is 13.3. The highest BCUT2D eigenvalue weighted by Gasteiger charge is 2.30. The average molecular weight is 348 g/mol. The van der Waals surface area contributed by atoms with E-state index in [2.05, 4.69) is 10.5 Å². The molecule has 0 radical (unpaired) electrons. The van der Waals surface area contributed by atoms with Gasteiger partial charge in [0.1, 0.15) is 5.82 Å². The molecule has 7 heteroatoms. The molecular formula is C18H15F3N2O2. The van der Waals surface area contributed by atoms with Crippen molar-refractivity contribution in [2.45, 2.75) is 25.5 Å². The first-order valence-electron chi connectivity index (χ1n) is 7.68. The standard InChI is InChI=1S/C18H15F3N2O2/c1-10(11-5-6-14(20)15(21)8-11)22-18(24)17-9-16(23-25-17)12-3-2-4-13(19)7-12/h2-8,10,17H,9H2,1H3,(H,22,24). The zero-order chi connectivity index (χ0) is 18.0. The van der Waals surface area contributed by atoms with E-state index < -0.39 is 35.5 Å². The average Bonchev–Trinajstić information content (AvgIpc) is 3.07. The number of hydrogen-bond acceptors (Lipinski definition) is 3. The van der Waals surface area contributed by atoms with Gasteiger partial charge < -0.3 is 10.2 Å². The van der Waals surface area contributed by atoms with Crippen LogP contribution in [0.4, 0.5) is 13.2 Å². The molecule has 0 spiro atoms. The molecule has 1 amide bonds. The van der Waals surface area contributed by atoms with Gasteiger partial charge in [-0.05, 0) is 36.8 Å². The Bertz CT molecular complexity index is 839. The Kier molecular flexibility index (Phi) is 4.74. The second-order valence-corrected chi connectivity index (χ2v) is 5.75. The molecule has 2 aromatic rings. The van der Waals surface area contributed by atoms with Gasteiger partial charge in [0, 0.05) is 12.0 Å². The number of nitrogens with zero attached hydrogens (tertiary/aromatic N) is 1. The van der Waals surface area contributed by atoms with Crippen LogP contribution in [0.5, 0.6) is 0 Å². The molecule has 25 heavy (non-hydrogen) atoms. The first-order chi connectivity index (χ1) is 11.9. The molecular weight excluding hydrogens is 333 g/mol. The first kappa shape index (κ1) is 17.0. The molecule has 2 aromatic carbocycles. The van der Waals surface area contributed by atoms with Gasteiger partial charge in [-0.25, -0.2) is 13.2 Å². The van der Waals surface area contributed by atoms with Gasteiger partial charge in [-0.2, -0.15) is 0 Å². The van der Waals surface area contributed by atoms with Gasteiger partial charge in [0.2, 0.25) is 6.10 Å². The van der Waals surface area contributed by atoms with Crippen LogP contribution in [-0.2, 0) is 9.63 Å². The van der Waals surface area contributed by atoms with Crippen LogP contribution in [0.1, 0.15) is 30.5 Å². The lowest BCUT2D eigenvalue weighted by Gasteiger charge is -2.16. The van der Waals surface area contributed by atoms with Gasteiger partial charge >= 0.3 is 0 Å². The van der Waals surface area contributed by atoms with Crippen LogP contribution in [0.3, 0.4) is 0 Å². The Balaban J connectivity index is 1.62. The van der Waals surface area contributed by atoms with Gasteiger partial charge in [-0.15, -0.1) is 0 Å². The summed E-state index contributed by atoms with van der Waals surface area (Å²) in [4.78, 5) is 17.4. The molecule has 0 aliphatic carbocycles. The molecule has 3 rings (SSSR count). The van der Waals surface area contributed by atoms with Crippen molar-refractivity contribution in [3.63, 3.8) is 0 Å². The zero-order valence-electron chi connectivity index (χ0n) is 13.3. The van der Waals surface area contributed by atoms with E-state index in [-0.39, 0.29) is 6.42 Å². The van der Waals surface area contributed by atoms with E-state index in [0.717, 1.165) is 12.1 Å². The van der Waals surface area contributed by atoms with Gasteiger partial charge in [-0.1, -0.05) is 23.4 Å².